The predicted molar refractivity (Wildman–Crippen MR) is 46.5 cm³/mol. The molecule has 7 nitrogen and oxygen atoms in total. The fourth-order valence-corrected chi connectivity index (χ4v) is 0.846. The van der Waals surface area contributed by atoms with Gasteiger partial charge in [0.25, 0.3) is 0 Å². The Bertz CT molecular complexity index is 274. The lowest BCUT2D eigenvalue weighted by Gasteiger charge is -2.06. The number of nitrogens with zero attached hydrogens (tertiary/aromatic N) is 2. The number of carbonyl (C=O) groups is 1. The van der Waals surface area contributed by atoms with Crippen LogP contribution < -0.4 is 11.1 Å². The van der Waals surface area contributed by atoms with Gasteiger partial charge in [-0.25, -0.2) is 0 Å². The van der Waals surface area contributed by atoms with Gasteiger partial charge in [0.1, 0.15) is 6.04 Å². The highest BCUT2D eigenvalue weighted by Crippen LogP contribution is 1.90. The lowest BCUT2D eigenvalue weighted by atomic mass is 10.3. The van der Waals surface area contributed by atoms with Crippen LogP contribution in [-0.2, 0) is 11.2 Å². The summed E-state index contributed by atoms with van der Waals surface area (Å²) in [5.74, 6) is -0.503. The van der Waals surface area contributed by atoms with Gasteiger partial charge in [0.2, 0.25) is 5.89 Å². The van der Waals surface area contributed by atoms with Gasteiger partial charge in [-0.1, -0.05) is 5.16 Å². The van der Waals surface area contributed by atoms with E-state index in [4.69, 9.17) is 15.4 Å². The summed E-state index contributed by atoms with van der Waals surface area (Å²) in [5.41, 5.74) is 5.26. The largest absolute Gasteiger partial charge is 0.480 e. The lowest BCUT2D eigenvalue weighted by molar-refractivity contribution is -0.138. The van der Waals surface area contributed by atoms with Crippen LogP contribution in [0.2, 0.25) is 0 Å². The van der Waals surface area contributed by atoms with E-state index in [0.29, 0.717) is 18.9 Å². The standard InChI is InChI=1S/C7H12N4O3/c8-5(7(12)13)3-9-2-1-6-10-4-11-14-6/h4-5,9H,1-3,8H2,(H,12,13). The number of carboxylic acid groups (broad SMARTS) is 1. The van der Waals surface area contributed by atoms with Gasteiger partial charge in [0.15, 0.2) is 6.33 Å². The van der Waals surface area contributed by atoms with Crippen LogP contribution in [0.25, 0.3) is 0 Å². The molecule has 4 N–H and O–H groups in total. The van der Waals surface area contributed by atoms with Crippen molar-refractivity contribution in [3.05, 3.63) is 12.2 Å². The summed E-state index contributed by atoms with van der Waals surface area (Å²) in [5, 5.41) is 14.8. The molecule has 1 atom stereocenters. The van der Waals surface area contributed by atoms with Crippen molar-refractivity contribution in [2.24, 2.45) is 5.73 Å². The fourth-order valence-electron chi connectivity index (χ4n) is 0.846. The molecular formula is C7H12N4O3. The maximum atomic E-state index is 10.3. The van der Waals surface area contributed by atoms with Crippen molar-refractivity contribution in [1.82, 2.24) is 15.5 Å². The van der Waals surface area contributed by atoms with Crippen LogP contribution in [0.5, 0.6) is 0 Å². The number of rotatable bonds is 6. The summed E-state index contributed by atoms with van der Waals surface area (Å²) >= 11 is 0. The Balaban J connectivity index is 2.08. The van der Waals surface area contributed by atoms with Gasteiger partial charge >= 0.3 is 5.97 Å². The molecule has 0 saturated carbocycles. The summed E-state index contributed by atoms with van der Waals surface area (Å²) < 4.78 is 4.74. The molecule has 14 heavy (non-hydrogen) atoms. The number of hydrogen-bond donors (Lipinski definition) is 3. The molecule has 0 aromatic carbocycles. The zero-order chi connectivity index (χ0) is 10.4. The molecule has 0 aliphatic heterocycles. The molecule has 1 aromatic rings. The fraction of sp³-hybridized carbons (Fsp3) is 0.571. The average molecular weight is 200 g/mol. The second kappa shape index (κ2) is 5.30. The lowest BCUT2D eigenvalue weighted by Crippen LogP contribution is -2.40. The van der Waals surface area contributed by atoms with Crippen molar-refractivity contribution in [3.8, 4) is 0 Å². The van der Waals surface area contributed by atoms with Crippen molar-refractivity contribution in [2.75, 3.05) is 13.1 Å². The zero-order valence-corrected chi connectivity index (χ0v) is 7.51. The Morgan fingerprint density at radius 2 is 2.57 bits per heavy atom. The van der Waals surface area contributed by atoms with Crippen molar-refractivity contribution in [2.45, 2.75) is 12.5 Å². The van der Waals surface area contributed by atoms with Crippen molar-refractivity contribution >= 4 is 5.97 Å². The van der Waals surface area contributed by atoms with Crippen LogP contribution in [0.1, 0.15) is 5.89 Å². The molecule has 1 unspecified atom stereocenters. The first-order chi connectivity index (χ1) is 6.70. The summed E-state index contributed by atoms with van der Waals surface area (Å²) in [4.78, 5) is 14.1. The van der Waals surface area contributed by atoms with E-state index < -0.39 is 12.0 Å². The molecule has 1 aromatic heterocycles. The minimum absolute atomic E-state index is 0.226. The van der Waals surface area contributed by atoms with E-state index in [0.717, 1.165) is 0 Å². The highest BCUT2D eigenvalue weighted by atomic mass is 16.5. The Hall–Kier alpha value is -1.47. The maximum absolute atomic E-state index is 10.3. The first kappa shape index (κ1) is 10.6. The second-order valence-electron chi connectivity index (χ2n) is 2.73. The normalized spacial score (nSPS) is 12.6. The minimum Gasteiger partial charge on any atom is -0.480 e. The van der Waals surface area contributed by atoms with Gasteiger partial charge in [-0.15, -0.1) is 0 Å². The first-order valence-electron chi connectivity index (χ1n) is 4.15. The molecule has 0 saturated heterocycles. The molecule has 0 bridgehead atoms. The van der Waals surface area contributed by atoms with E-state index in [-0.39, 0.29) is 6.54 Å². The van der Waals surface area contributed by atoms with Crippen LogP contribution in [-0.4, -0.2) is 40.3 Å². The molecule has 0 aliphatic rings. The topological polar surface area (TPSA) is 114 Å². The summed E-state index contributed by atoms with van der Waals surface area (Å²) in [6.45, 7) is 0.784. The maximum Gasteiger partial charge on any atom is 0.321 e. The van der Waals surface area contributed by atoms with Crippen molar-refractivity contribution in [1.29, 1.82) is 0 Å². The highest BCUT2D eigenvalue weighted by molar-refractivity contribution is 5.73. The van der Waals surface area contributed by atoms with Gasteiger partial charge in [-0.05, 0) is 0 Å². The molecule has 7 heteroatoms. The molecule has 1 rings (SSSR count). The third-order valence-corrected chi connectivity index (χ3v) is 1.60. The van der Waals surface area contributed by atoms with Crippen LogP contribution in [0.3, 0.4) is 0 Å². The molecule has 0 aliphatic carbocycles. The zero-order valence-electron chi connectivity index (χ0n) is 7.51. The van der Waals surface area contributed by atoms with Gasteiger partial charge in [-0.2, -0.15) is 4.98 Å². The van der Waals surface area contributed by atoms with Crippen LogP contribution >= 0.6 is 0 Å². The number of nitrogens with one attached hydrogen (secondary N) is 1. The Kier molecular flexibility index (Phi) is 4.02. The highest BCUT2D eigenvalue weighted by Gasteiger charge is 2.09. The van der Waals surface area contributed by atoms with Gasteiger partial charge in [0, 0.05) is 19.5 Å². The van der Waals surface area contributed by atoms with Crippen LogP contribution in [0.15, 0.2) is 10.9 Å². The van der Waals surface area contributed by atoms with Crippen molar-refractivity contribution in [3.63, 3.8) is 0 Å². The van der Waals surface area contributed by atoms with Gasteiger partial charge in [0.05, 0.1) is 0 Å². The van der Waals surface area contributed by atoms with E-state index in [1.54, 1.807) is 0 Å². The smallest absolute Gasteiger partial charge is 0.321 e. The van der Waals surface area contributed by atoms with Gasteiger partial charge < -0.3 is 20.7 Å². The Morgan fingerprint density at radius 1 is 1.79 bits per heavy atom. The Labute approximate surface area is 80.3 Å². The number of carboxylic acids is 1. The molecule has 0 spiro atoms. The van der Waals surface area contributed by atoms with E-state index in [2.05, 4.69) is 15.5 Å². The predicted octanol–water partition coefficient (Wildman–Crippen LogP) is -1.39. The van der Waals surface area contributed by atoms with Crippen LogP contribution in [0, 0.1) is 0 Å². The first-order valence-corrected chi connectivity index (χ1v) is 4.15. The average Bonchev–Trinajstić information content (AvgIpc) is 2.64. The van der Waals surface area contributed by atoms with E-state index in [1.165, 1.54) is 6.33 Å². The monoisotopic (exact) mass is 200 g/mol. The number of hydrogen-bond acceptors (Lipinski definition) is 6. The van der Waals surface area contributed by atoms with Gasteiger partial charge in [-0.3, -0.25) is 4.79 Å². The molecule has 1 heterocycles. The van der Waals surface area contributed by atoms with E-state index in [1.807, 2.05) is 0 Å². The molecule has 78 valence electrons. The van der Waals surface area contributed by atoms with Crippen molar-refractivity contribution < 1.29 is 14.4 Å². The summed E-state index contributed by atoms with van der Waals surface area (Å²) in [7, 11) is 0. The molecular weight excluding hydrogens is 188 g/mol. The SMILES string of the molecule is NC(CNCCc1ncno1)C(=O)O. The number of aliphatic carboxylic acids is 1. The quantitative estimate of drug-likeness (QED) is 0.484. The second-order valence-corrected chi connectivity index (χ2v) is 2.73. The summed E-state index contributed by atoms with van der Waals surface area (Å²) in [6, 6.07) is -0.877. The minimum atomic E-state index is -1.02. The number of nitrogens with two attached hydrogens (primary N) is 1. The van der Waals surface area contributed by atoms with E-state index >= 15 is 0 Å². The van der Waals surface area contributed by atoms with E-state index in [9.17, 15) is 4.79 Å². The number of aromatic nitrogens is 2. The van der Waals surface area contributed by atoms with Crippen LogP contribution in [0.4, 0.5) is 0 Å². The third kappa shape index (κ3) is 3.50. The summed E-state index contributed by atoms with van der Waals surface area (Å²) in [6.07, 6.45) is 1.88. The molecule has 0 radical (unpaired) electrons. The molecule has 0 amide bonds. The third-order valence-electron chi connectivity index (χ3n) is 1.60. The Morgan fingerprint density at radius 3 is 3.14 bits per heavy atom. The molecule has 0 fully saturated rings.